The highest BCUT2D eigenvalue weighted by Gasteiger charge is 2.12. The average Bonchev–Trinajstić information content (AvgIpc) is 2.41. The maximum absolute atomic E-state index is 13.5. The molecule has 2 rings (SSSR count). The van der Waals surface area contributed by atoms with Crippen molar-refractivity contribution in [2.45, 2.75) is 6.42 Å². The highest BCUT2D eigenvalue weighted by atomic mass is 35.5. The van der Waals surface area contributed by atoms with Crippen molar-refractivity contribution in [1.82, 2.24) is 0 Å². The van der Waals surface area contributed by atoms with E-state index >= 15 is 0 Å². The first kappa shape index (κ1) is 15.4. The molecule has 0 aliphatic heterocycles. The van der Waals surface area contributed by atoms with Crippen molar-refractivity contribution in [2.24, 2.45) is 5.73 Å². The summed E-state index contributed by atoms with van der Waals surface area (Å²) in [5, 5.41) is 3.09. The topological polar surface area (TPSA) is 55.1 Å². The van der Waals surface area contributed by atoms with Crippen molar-refractivity contribution >= 4 is 40.4 Å². The van der Waals surface area contributed by atoms with Crippen LogP contribution >= 0.6 is 23.8 Å². The van der Waals surface area contributed by atoms with Crippen molar-refractivity contribution in [1.29, 1.82) is 0 Å². The van der Waals surface area contributed by atoms with Gasteiger partial charge in [-0.2, -0.15) is 0 Å². The lowest BCUT2D eigenvalue weighted by Crippen LogP contribution is -2.19. The van der Waals surface area contributed by atoms with Gasteiger partial charge in [0.05, 0.1) is 12.1 Å². The molecule has 21 heavy (non-hydrogen) atoms. The second-order valence-corrected chi connectivity index (χ2v) is 5.25. The molecule has 0 aliphatic carbocycles. The van der Waals surface area contributed by atoms with E-state index in [1.54, 1.807) is 36.4 Å². The van der Waals surface area contributed by atoms with Gasteiger partial charge < -0.3 is 11.1 Å². The van der Waals surface area contributed by atoms with Gasteiger partial charge in [0, 0.05) is 10.6 Å². The molecule has 0 radical (unpaired) electrons. The van der Waals surface area contributed by atoms with Gasteiger partial charge >= 0.3 is 0 Å². The Morgan fingerprint density at radius 3 is 2.67 bits per heavy atom. The zero-order valence-electron chi connectivity index (χ0n) is 10.9. The molecule has 2 aromatic rings. The van der Waals surface area contributed by atoms with E-state index in [4.69, 9.17) is 29.6 Å². The number of rotatable bonds is 4. The summed E-state index contributed by atoms with van der Waals surface area (Å²) in [6, 6.07) is 10.9. The summed E-state index contributed by atoms with van der Waals surface area (Å²) in [4.78, 5) is 12.2. The molecule has 0 aromatic heterocycles. The highest BCUT2D eigenvalue weighted by Crippen LogP contribution is 2.21. The summed E-state index contributed by atoms with van der Waals surface area (Å²) >= 11 is 10.8. The van der Waals surface area contributed by atoms with E-state index in [0.717, 1.165) is 0 Å². The minimum Gasteiger partial charge on any atom is -0.389 e. The molecule has 0 unspecified atom stereocenters. The van der Waals surface area contributed by atoms with Gasteiger partial charge in [-0.05, 0) is 29.8 Å². The van der Waals surface area contributed by atoms with Gasteiger partial charge in [-0.3, -0.25) is 4.79 Å². The second-order valence-electron chi connectivity index (χ2n) is 4.37. The maximum Gasteiger partial charge on any atom is 0.228 e. The van der Waals surface area contributed by atoms with E-state index in [2.05, 4.69) is 5.32 Å². The van der Waals surface area contributed by atoms with Crippen LogP contribution in [0.2, 0.25) is 5.02 Å². The zero-order chi connectivity index (χ0) is 15.4. The number of nitrogens with one attached hydrogen (secondary N) is 1. The van der Waals surface area contributed by atoms with Crippen LogP contribution in [-0.4, -0.2) is 10.9 Å². The molecule has 0 bridgehead atoms. The molecule has 3 nitrogen and oxygen atoms in total. The molecule has 0 saturated heterocycles. The Balaban J connectivity index is 2.18. The van der Waals surface area contributed by atoms with Crippen LogP contribution in [0, 0.1) is 5.82 Å². The standard InChI is InChI=1S/C15H12ClFN2OS/c16-10-5-6-11(15(18)21)13(8-10)19-14(20)7-9-3-1-2-4-12(9)17/h1-6,8H,7H2,(H2,18,21)(H,19,20). The Morgan fingerprint density at radius 2 is 2.00 bits per heavy atom. The lowest BCUT2D eigenvalue weighted by molar-refractivity contribution is -0.115. The predicted molar refractivity (Wildman–Crippen MR) is 86.1 cm³/mol. The summed E-state index contributed by atoms with van der Waals surface area (Å²) in [6.07, 6.45) is -0.0873. The monoisotopic (exact) mass is 322 g/mol. The molecule has 0 saturated carbocycles. The Hall–Kier alpha value is -1.98. The van der Waals surface area contributed by atoms with Crippen molar-refractivity contribution < 1.29 is 9.18 Å². The average molecular weight is 323 g/mol. The van der Waals surface area contributed by atoms with Crippen molar-refractivity contribution in [2.75, 3.05) is 5.32 Å². The number of hydrogen-bond donors (Lipinski definition) is 2. The Kier molecular flexibility index (Phi) is 4.88. The first-order valence-corrected chi connectivity index (χ1v) is 6.88. The fraction of sp³-hybridized carbons (Fsp3) is 0.0667. The van der Waals surface area contributed by atoms with E-state index in [-0.39, 0.29) is 17.3 Å². The normalized spacial score (nSPS) is 10.2. The second kappa shape index (κ2) is 6.65. The van der Waals surface area contributed by atoms with Crippen LogP contribution in [0.4, 0.5) is 10.1 Å². The smallest absolute Gasteiger partial charge is 0.228 e. The molecule has 108 valence electrons. The quantitative estimate of drug-likeness (QED) is 0.849. The molecule has 1 amide bonds. The Morgan fingerprint density at radius 1 is 1.29 bits per heavy atom. The van der Waals surface area contributed by atoms with Gasteiger partial charge in [0.25, 0.3) is 0 Å². The van der Waals surface area contributed by atoms with Crippen molar-refractivity contribution in [3.8, 4) is 0 Å². The van der Waals surface area contributed by atoms with Gasteiger partial charge in [0.15, 0.2) is 0 Å². The van der Waals surface area contributed by atoms with Crippen LogP contribution in [0.3, 0.4) is 0 Å². The molecule has 0 spiro atoms. The molecule has 3 N–H and O–H groups in total. The largest absolute Gasteiger partial charge is 0.389 e. The number of benzene rings is 2. The van der Waals surface area contributed by atoms with E-state index < -0.39 is 5.82 Å². The van der Waals surface area contributed by atoms with Gasteiger partial charge in [-0.1, -0.05) is 42.0 Å². The Labute approximate surface area is 131 Å². The van der Waals surface area contributed by atoms with Crippen LogP contribution in [-0.2, 0) is 11.2 Å². The summed E-state index contributed by atoms with van der Waals surface area (Å²) in [5.74, 6) is -0.798. The van der Waals surface area contributed by atoms with Crippen LogP contribution in [0.25, 0.3) is 0 Å². The van der Waals surface area contributed by atoms with Crippen molar-refractivity contribution in [3.05, 3.63) is 64.4 Å². The Bertz CT molecular complexity index is 706. The number of halogens is 2. The summed E-state index contributed by atoms with van der Waals surface area (Å²) < 4.78 is 13.5. The lowest BCUT2D eigenvalue weighted by atomic mass is 10.1. The molecule has 0 atom stereocenters. The van der Waals surface area contributed by atoms with E-state index in [0.29, 0.717) is 21.8 Å². The van der Waals surface area contributed by atoms with E-state index in [1.165, 1.54) is 6.07 Å². The van der Waals surface area contributed by atoms with Crippen LogP contribution in [0.15, 0.2) is 42.5 Å². The minimum atomic E-state index is -0.423. The first-order valence-electron chi connectivity index (χ1n) is 6.10. The van der Waals surface area contributed by atoms with Gasteiger partial charge in [0.2, 0.25) is 5.91 Å². The third-order valence-corrected chi connectivity index (χ3v) is 3.29. The summed E-state index contributed by atoms with van der Waals surface area (Å²) in [6.45, 7) is 0. The number of carbonyl (C=O) groups excluding carboxylic acids is 1. The fourth-order valence-electron chi connectivity index (χ4n) is 1.84. The summed E-state index contributed by atoms with van der Waals surface area (Å²) in [5.41, 5.74) is 6.83. The molecule has 2 aromatic carbocycles. The number of nitrogens with two attached hydrogens (primary N) is 1. The van der Waals surface area contributed by atoms with Gasteiger partial charge in [0.1, 0.15) is 10.8 Å². The zero-order valence-corrected chi connectivity index (χ0v) is 12.5. The minimum absolute atomic E-state index is 0.0873. The number of amides is 1. The van der Waals surface area contributed by atoms with Gasteiger partial charge in [-0.25, -0.2) is 4.39 Å². The third-order valence-electron chi connectivity index (χ3n) is 2.83. The SMILES string of the molecule is NC(=S)c1ccc(Cl)cc1NC(=O)Cc1ccccc1F. The summed E-state index contributed by atoms with van der Waals surface area (Å²) in [7, 11) is 0. The third kappa shape index (κ3) is 4.00. The van der Waals surface area contributed by atoms with E-state index in [9.17, 15) is 9.18 Å². The number of hydrogen-bond acceptors (Lipinski definition) is 2. The molecular formula is C15H12ClFN2OS. The van der Waals surface area contributed by atoms with Gasteiger partial charge in [-0.15, -0.1) is 0 Å². The number of carbonyl (C=O) groups is 1. The maximum atomic E-state index is 13.5. The molecule has 0 heterocycles. The number of thiocarbonyl (C=S) groups is 1. The first-order chi connectivity index (χ1) is 9.97. The van der Waals surface area contributed by atoms with Crippen LogP contribution in [0.5, 0.6) is 0 Å². The molecule has 6 heteroatoms. The number of anilines is 1. The van der Waals surface area contributed by atoms with Crippen LogP contribution < -0.4 is 11.1 Å². The lowest BCUT2D eigenvalue weighted by Gasteiger charge is -2.11. The van der Waals surface area contributed by atoms with E-state index in [1.807, 2.05) is 0 Å². The highest BCUT2D eigenvalue weighted by molar-refractivity contribution is 7.80. The van der Waals surface area contributed by atoms with Crippen molar-refractivity contribution in [3.63, 3.8) is 0 Å². The fourth-order valence-corrected chi connectivity index (χ4v) is 2.19. The molecule has 0 aliphatic rings. The van der Waals surface area contributed by atoms with Crippen LogP contribution in [0.1, 0.15) is 11.1 Å². The molecular weight excluding hydrogens is 311 g/mol. The predicted octanol–water partition coefficient (Wildman–Crippen LogP) is 3.29. The molecule has 0 fully saturated rings.